The number of nitrogens with one attached hydrogen (secondary N) is 2. The monoisotopic (exact) mass is 381 g/mol. The van der Waals surface area contributed by atoms with Crippen molar-refractivity contribution in [2.24, 2.45) is 4.99 Å². The van der Waals surface area contributed by atoms with Crippen LogP contribution in [0.5, 0.6) is 5.75 Å². The van der Waals surface area contributed by atoms with Crippen molar-refractivity contribution in [3.05, 3.63) is 78.4 Å². The molecule has 0 aliphatic rings. The maximum atomic E-state index is 13.2. The molecule has 6 nitrogen and oxygen atoms in total. The van der Waals surface area contributed by atoms with Gasteiger partial charge in [0, 0.05) is 31.4 Å². The van der Waals surface area contributed by atoms with Crippen LogP contribution in [0.3, 0.4) is 0 Å². The predicted octanol–water partition coefficient (Wildman–Crippen LogP) is 3.14. The molecule has 1 atom stereocenters. The van der Waals surface area contributed by atoms with Crippen molar-refractivity contribution in [3.63, 3.8) is 0 Å². The Morgan fingerprint density at radius 3 is 2.75 bits per heavy atom. The molecule has 0 amide bonds. The van der Waals surface area contributed by atoms with Gasteiger partial charge in [0.05, 0.1) is 18.4 Å². The van der Waals surface area contributed by atoms with Crippen LogP contribution < -0.4 is 15.4 Å². The molecule has 1 heterocycles. The number of benzene rings is 2. The molecule has 0 spiro atoms. The van der Waals surface area contributed by atoms with E-state index in [1.54, 1.807) is 19.2 Å². The van der Waals surface area contributed by atoms with Gasteiger partial charge in [0.2, 0.25) is 0 Å². The number of aliphatic imine (C=N–C) groups is 1. The maximum absolute atomic E-state index is 13.2. The lowest BCUT2D eigenvalue weighted by atomic mass is 10.3. The lowest BCUT2D eigenvalue weighted by molar-refractivity contribution is 0.223. The number of hydrogen-bond donors (Lipinski definition) is 2. The molecule has 0 saturated heterocycles. The summed E-state index contributed by atoms with van der Waals surface area (Å²) in [6, 6.07) is 16.1. The first-order chi connectivity index (χ1) is 13.6. The molecule has 0 radical (unpaired) electrons. The molecule has 1 unspecified atom stereocenters. The molecule has 28 heavy (non-hydrogen) atoms. The van der Waals surface area contributed by atoms with E-state index in [-0.39, 0.29) is 11.9 Å². The van der Waals surface area contributed by atoms with Gasteiger partial charge in [-0.2, -0.15) is 5.10 Å². The van der Waals surface area contributed by atoms with Gasteiger partial charge in [-0.1, -0.05) is 24.3 Å². The second-order valence-corrected chi connectivity index (χ2v) is 6.32. The molecule has 2 N–H and O–H groups in total. The summed E-state index contributed by atoms with van der Waals surface area (Å²) in [7, 11) is 1.71. The fourth-order valence-electron chi connectivity index (χ4n) is 2.63. The fourth-order valence-corrected chi connectivity index (χ4v) is 2.63. The Bertz CT molecular complexity index is 910. The molecule has 0 fully saturated rings. The zero-order chi connectivity index (χ0) is 19.8. The molecule has 0 aliphatic carbocycles. The van der Waals surface area contributed by atoms with Gasteiger partial charge in [0.1, 0.15) is 17.7 Å². The molecule has 0 saturated carbocycles. The number of nitrogens with zero attached hydrogens (tertiary/aromatic N) is 3. The highest BCUT2D eigenvalue weighted by Crippen LogP contribution is 2.13. The van der Waals surface area contributed by atoms with Crippen molar-refractivity contribution in [2.75, 3.05) is 13.6 Å². The molecule has 3 rings (SSSR count). The van der Waals surface area contributed by atoms with Gasteiger partial charge in [-0.15, -0.1) is 0 Å². The van der Waals surface area contributed by atoms with Gasteiger partial charge in [-0.3, -0.25) is 4.99 Å². The lowest BCUT2D eigenvalue weighted by Gasteiger charge is -2.17. The molecular formula is C21H24FN5O. The van der Waals surface area contributed by atoms with Gasteiger partial charge >= 0.3 is 0 Å². The van der Waals surface area contributed by atoms with Gasteiger partial charge in [0.25, 0.3) is 0 Å². The van der Waals surface area contributed by atoms with Crippen molar-refractivity contribution < 1.29 is 9.13 Å². The summed E-state index contributed by atoms with van der Waals surface area (Å²) in [6.45, 7) is 3.03. The lowest BCUT2D eigenvalue weighted by Crippen LogP contribution is -2.41. The van der Waals surface area contributed by atoms with E-state index in [9.17, 15) is 4.39 Å². The van der Waals surface area contributed by atoms with E-state index in [4.69, 9.17) is 4.74 Å². The summed E-state index contributed by atoms with van der Waals surface area (Å²) in [5.74, 6) is 0.846. The second-order valence-electron chi connectivity index (χ2n) is 6.32. The summed E-state index contributed by atoms with van der Waals surface area (Å²) in [6.07, 6.45) is 3.65. The Kier molecular flexibility index (Phi) is 6.62. The molecule has 2 aromatic carbocycles. The van der Waals surface area contributed by atoms with Crippen molar-refractivity contribution in [1.82, 2.24) is 20.4 Å². The van der Waals surface area contributed by atoms with Gasteiger partial charge in [-0.25, -0.2) is 9.07 Å². The first-order valence-corrected chi connectivity index (χ1v) is 9.10. The van der Waals surface area contributed by atoms with E-state index in [1.807, 2.05) is 54.3 Å². The van der Waals surface area contributed by atoms with Crippen LogP contribution in [0.1, 0.15) is 12.5 Å². The van der Waals surface area contributed by atoms with E-state index in [1.165, 1.54) is 12.1 Å². The predicted molar refractivity (Wildman–Crippen MR) is 108 cm³/mol. The number of rotatable bonds is 7. The zero-order valence-corrected chi connectivity index (χ0v) is 16.0. The van der Waals surface area contributed by atoms with E-state index in [0.29, 0.717) is 24.8 Å². The van der Waals surface area contributed by atoms with E-state index in [0.717, 1.165) is 11.3 Å². The van der Waals surface area contributed by atoms with Crippen LogP contribution in [-0.2, 0) is 6.54 Å². The number of hydrogen-bond acceptors (Lipinski definition) is 3. The zero-order valence-electron chi connectivity index (χ0n) is 16.0. The van der Waals surface area contributed by atoms with E-state index < -0.39 is 0 Å². The highest BCUT2D eigenvalue weighted by Gasteiger charge is 2.07. The molecule has 0 aliphatic heterocycles. The van der Waals surface area contributed by atoms with E-state index >= 15 is 0 Å². The third kappa shape index (κ3) is 5.57. The summed E-state index contributed by atoms with van der Waals surface area (Å²) in [5, 5.41) is 10.8. The standard InChI is InChI=1S/C21H24FN5O/c1-16(28-20-10-6-7-18(22)11-20)12-24-21(23-2)25-13-17-14-26-27(15-17)19-8-4-3-5-9-19/h3-11,14-16H,12-13H2,1-2H3,(H2,23,24,25). The van der Waals surface area contributed by atoms with Crippen LogP contribution in [0, 0.1) is 5.82 Å². The second kappa shape index (κ2) is 9.55. The minimum absolute atomic E-state index is 0.152. The van der Waals surface area contributed by atoms with Crippen molar-refractivity contribution >= 4 is 5.96 Å². The smallest absolute Gasteiger partial charge is 0.191 e. The Morgan fingerprint density at radius 2 is 2.00 bits per heavy atom. The van der Waals surface area contributed by atoms with Crippen LogP contribution in [0.2, 0.25) is 0 Å². The van der Waals surface area contributed by atoms with Crippen LogP contribution in [0.4, 0.5) is 4.39 Å². The number of ether oxygens (including phenoxy) is 1. The number of halogens is 1. The highest BCUT2D eigenvalue weighted by atomic mass is 19.1. The summed E-state index contributed by atoms with van der Waals surface area (Å²) in [4.78, 5) is 4.21. The van der Waals surface area contributed by atoms with Crippen LogP contribution in [0.25, 0.3) is 5.69 Å². The number of aromatic nitrogens is 2. The molecule has 7 heteroatoms. The molecule has 0 bridgehead atoms. The largest absolute Gasteiger partial charge is 0.489 e. The van der Waals surface area contributed by atoms with E-state index in [2.05, 4.69) is 20.7 Å². The van der Waals surface area contributed by atoms with Crippen LogP contribution >= 0.6 is 0 Å². The minimum Gasteiger partial charge on any atom is -0.489 e. The topological polar surface area (TPSA) is 63.5 Å². The van der Waals surface area contributed by atoms with Crippen LogP contribution in [-0.4, -0.2) is 35.4 Å². The van der Waals surface area contributed by atoms with Crippen LogP contribution in [0.15, 0.2) is 72.0 Å². The molecule has 1 aromatic heterocycles. The first kappa shape index (κ1) is 19.4. The molecular weight excluding hydrogens is 357 g/mol. The normalized spacial score (nSPS) is 12.5. The average Bonchev–Trinajstić information content (AvgIpc) is 3.18. The Morgan fingerprint density at radius 1 is 1.18 bits per heavy atom. The molecule has 3 aromatic rings. The van der Waals surface area contributed by atoms with Gasteiger partial charge < -0.3 is 15.4 Å². The average molecular weight is 381 g/mol. The Labute approximate surface area is 164 Å². The number of para-hydroxylation sites is 1. The Hall–Kier alpha value is -3.35. The quantitative estimate of drug-likeness (QED) is 0.488. The minimum atomic E-state index is -0.314. The van der Waals surface area contributed by atoms with Crippen molar-refractivity contribution in [1.29, 1.82) is 0 Å². The van der Waals surface area contributed by atoms with Crippen molar-refractivity contribution in [3.8, 4) is 11.4 Å². The third-order valence-corrected chi connectivity index (χ3v) is 4.03. The van der Waals surface area contributed by atoms with Gasteiger partial charge in [0.15, 0.2) is 5.96 Å². The van der Waals surface area contributed by atoms with Crippen molar-refractivity contribution in [2.45, 2.75) is 19.6 Å². The SMILES string of the molecule is CN=C(NCc1cnn(-c2ccccc2)c1)NCC(C)Oc1cccc(F)c1. The maximum Gasteiger partial charge on any atom is 0.191 e. The third-order valence-electron chi connectivity index (χ3n) is 4.03. The highest BCUT2D eigenvalue weighted by molar-refractivity contribution is 5.79. The fraction of sp³-hybridized carbons (Fsp3) is 0.238. The summed E-state index contributed by atoms with van der Waals surface area (Å²) >= 11 is 0. The molecule has 146 valence electrons. The van der Waals surface area contributed by atoms with Gasteiger partial charge in [-0.05, 0) is 31.2 Å². The first-order valence-electron chi connectivity index (χ1n) is 9.10. The summed E-state index contributed by atoms with van der Waals surface area (Å²) < 4.78 is 20.8. The summed E-state index contributed by atoms with van der Waals surface area (Å²) in [5.41, 5.74) is 2.05. The number of guanidine groups is 1. The Balaban J connectivity index is 1.46.